The van der Waals surface area contributed by atoms with E-state index in [-0.39, 0.29) is 6.04 Å². The summed E-state index contributed by atoms with van der Waals surface area (Å²) in [4.78, 5) is 6.97. The number of rotatable bonds is 4. The maximum absolute atomic E-state index is 10.9. The summed E-state index contributed by atoms with van der Waals surface area (Å²) < 4.78 is 11.0. The lowest BCUT2D eigenvalue weighted by molar-refractivity contribution is 0.0715. The number of H-pyrrole nitrogens is 1. The molecular formula is C22H28N6O3. The molecule has 0 saturated carbocycles. The minimum absolute atomic E-state index is 0.163. The molecule has 0 amide bonds. The summed E-state index contributed by atoms with van der Waals surface area (Å²) in [5.41, 5.74) is 0.0992. The van der Waals surface area contributed by atoms with Crippen molar-refractivity contribution in [3.05, 3.63) is 29.5 Å². The molecule has 4 heterocycles. The predicted octanol–water partition coefficient (Wildman–Crippen LogP) is 2.05. The number of morpholine rings is 1. The largest absolute Gasteiger partial charge is 0.381 e. The standard InChI is InChI=1S/C22H28N6O3/c1-16-15-31-12-9-28(16)20-13-17(3-6-22(29)5-2-10-30-11-7-22)18(14-23)21(26-20)25-19-4-8-24-27-19/h4,8,13-14,16,23,29H,2,5,7,9-12,15H2,1H3,(H2,24,25,26,27)/t16-,22?/m1/s1. The van der Waals surface area contributed by atoms with Gasteiger partial charge < -0.3 is 30.2 Å². The molecule has 164 valence electrons. The van der Waals surface area contributed by atoms with E-state index in [1.165, 1.54) is 6.21 Å². The Morgan fingerprint density at radius 3 is 3.03 bits per heavy atom. The number of nitrogens with zero attached hydrogens (tertiary/aromatic N) is 3. The van der Waals surface area contributed by atoms with E-state index in [1.807, 2.05) is 6.07 Å². The molecule has 0 aliphatic carbocycles. The van der Waals surface area contributed by atoms with Crippen LogP contribution in [-0.4, -0.2) is 71.1 Å². The molecule has 9 heteroatoms. The van der Waals surface area contributed by atoms with Crippen molar-refractivity contribution in [1.82, 2.24) is 15.2 Å². The molecule has 4 rings (SSSR count). The van der Waals surface area contributed by atoms with Gasteiger partial charge in [0.2, 0.25) is 0 Å². The average Bonchev–Trinajstić information content (AvgIpc) is 3.18. The first-order valence-corrected chi connectivity index (χ1v) is 10.6. The second kappa shape index (κ2) is 9.47. The van der Waals surface area contributed by atoms with Crippen LogP contribution in [0, 0.1) is 17.3 Å². The number of hydrogen-bond donors (Lipinski definition) is 4. The highest BCUT2D eigenvalue weighted by atomic mass is 16.5. The fourth-order valence-electron chi connectivity index (χ4n) is 3.80. The van der Waals surface area contributed by atoms with Crippen LogP contribution in [0.15, 0.2) is 18.3 Å². The maximum atomic E-state index is 10.9. The quantitative estimate of drug-likeness (QED) is 0.438. The third-order valence-electron chi connectivity index (χ3n) is 5.57. The Morgan fingerprint density at radius 2 is 2.26 bits per heavy atom. The van der Waals surface area contributed by atoms with Crippen LogP contribution in [0.4, 0.5) is 17.5 Å². The van der Waals surface area contributed by atoms with Crippen molar-refractivity contribution in [1.29, 1.82) is 5.41 Å². The van der Waals surface area contributed by atoms with Gasteiger partial charge in [-0.3, -0.25) is 5.10 Å². The summed E-state index contributed by atoms with van der Waals surface area (Å²) in [6.45, 7) is 5.19. The van der Waals surface area contributed by atoms with Gasteiger partial charge in [0.15, 0.2) is 0 Å². The summed E-state index contributed by atoms with van der Waals surface area (Å²) >= 11 is 0. The van der Waals surface area contributed by atoms with Crippen LogP contribution in [-0.2, 0) is 9.47 Å². The highest BCUT2D eigenvalue weighted by Gasteiger charge is 2.26. The minimum Gasteiger partial charge on any atom is -0.381 e. The van der Waals surface area contributed by atoms with E-state index in [2.05, 4.69) is 39.2 Å². The second-order valence-electron chi connectivity index (χ2n) is 7.89. The van der Waals surface area contributed by atoms with E-state index < -0.39 is 5.60 Å². The van der Waals surface area contributed by atoms with Crippen molar-refractivity contribution in [2.75, 3.05) is 43.2 Å². The maximum Gasteiger partial charge on any atom is 0.144 e. The van der Waals surface area contributed by atoms with Crippen LogP contribution in [0.25, 0.3) is 0 Å². The molecule has 1 unspecified atom stereocenters. The van der Waals surface area contributed by atoms with Crippen molar-refractivity contribution in [2.45, 2.75) is 37.8 Å². The van der Waals surface area contributed by atoms with Crippen LogP contribution >= 0.6 is 0 Å². The molecule has 2 saturated heterocycles. The van der Waals surface area contributed by atoms with E-state index in [1.54, 1.807) is 12.3 Å². The Kier molecular flexibility index (Phi) is 6.51. The van der Waals surface area contributed by atoms with Gasteiger partial charge in [-0.1, -0.05) is 11.8 Å². The first-order valence-electron chi connectivity index (χ1n) is 10.6. The summed E-state index contributed by atoms with van der Waals surface area (Å²) in [5.74, 6) is 8.14. The van der Waals surface area contributed by atoms with E-state index in [9.17, 15) is 5.11 Å². The molecule has 2 aliphatic heterocycles. The van der Waals surface area contributed by atoms with Crippen molar-refractivity contribution < 1.29 is 14.6 Å². The Bertz CT molecular complexity index is 958. The normalized spacial score (nSPS) is 24.1. The summed E-state index contributed by atoms with van der Waals surface area (Å²) in [6.07, 6.45) is 4.69. The lowest BCUT2D eigenvalue weighted by atomic mass is 9.95. The third-order valence-corrected chi connectivity index (χ3v) is 5.57. The molecule has 9 nitrogen and oxygen atoms in total. The molecule has 0 aromatic carbocycles. The molecule has 2 aliphatic rings. The fourth-order valence-corrected chi connectivity index (χ4v) is 3.80. The van der Waals surface area contributed by atoms with Gasteiger partial charge in [-0.15, -0.1) is 0 Å². The van der Waals surface area contributed by atoms with E-state index in [4.69, 9.17) is 19.9 Å². The van der Waals surface area contributed by atoms with Crippen LogP contribution in [0.1, 0.15) is 37.3 Å². The van der Waals surface area contributed by atoms with Gasteiger partial charge in [-0.05, 0) is 25.8 Å². The van der Waals surface area contributed by atoms with Crippen molar-refractivity contribution in [2.24, 2.45) is 0 Å². The number of aromatic amines is 1. The van der Waals surface area contributed by atoms with Crippen LogP contribution in [0.2, 0.25) is 0 Å². The number of anilines is 3. The molecule has 0 bridgehead atoms. The fraction of sp³-hybridized carbons (Fsp3) is 0.500. The molecule has 2 aromatic heterocycles. The van der Waals surface area contributed by atoms with Crippen LogP contribution in [0.3, 0.4) is 0 Å². The van der Waals surface area contributed by atoms with Crippen molar-refractivity contribution >= 4 is 23.7 Å². The van der Waals surface area contributed by atoms with Gasteiger partial charge in [0.1, 0.15) is 23.1 Å². The van der Waals surface area contributed by atoms with Gasteiger partial charge >= 0.3 is 0 Å². The summed E-state index contributed by atoms with van der Waals surface area (Å²) in [5, 5.41) is 29.0. The number of pyridine rings is 1. The SMILES string of the molecule is C[C@@H]1COCCN1c1cc(C#CC2(O)CCCOCC2)c(C=N)c(Nc2ccn[nH]2)n1. The third kappa shape index (κ3) is 5.05. The Labute approximate surface area is 181 Å². The van der Waals surface area contributed by atoms with Crippen molar-refractivity contribution in [3.63, 3.8) is 0 Å². The number of aromatic nitrogens is 3. The Balaban J connectivity index is 1.75. The van der Waals surface area contributed by atoms with E-state index in [0.717, 1.165) is 18.8 Å². The number of aliphatic hydroxyl groups is 1. The van der Waals surface area contributed by atoms with Gasteiger partial charge in [-0.25, -0.2) is 4.98 Å². The summed E-state index contributed by atoms with van der Waals surface area (Å²) in [6, 6.07) is 3.85. The lowest BCUT2D eigenvalue weighted by Crippen LogP contribution is -2.44. The first-order chi connectivity index (χ1) is 15.1. The Hall–Kier alpha value is -2.93. The van der Waals surface area contributed by atoms with Crippen molar-refractivity contribution in [3.8, 4) is 11.8 Å². The molecule has 2 atom stereocenters. The van der Waals surface area contributed by atoms with E-state index in [0.29, 0.717) is 62.0 Å². The predicted molar refractivity (Wildman–Crippen MR) is 118 cm³/mol. The highest BCUT2D eigenvalue weighted by Crippen LogP contribution is 2.27. The highest BCUT2D eigenvalue weighted by molar-refractivity contribution is 5.90. The summed E-state index contributed by atoms with van der Waals surface area (Å²) in [7, 11) is 0. The number of nitrogens with one attached hydrogen (secondary N) is 3. The molecule has 0 spiro atoms. The average molecular weight is 425 g/mol. The Morgan fingerprint density at radius 1 is 1.35 bits per heavy atom. The molecule has 2 aromatic rings. The second-order valence-corrected chi connectivity index (χ2v) is 7.89. The smallest absolute Gasteiger partial charge is 0.144 e. The topological polar surface area (TPSA) is 119 Å². The minimum atomic E-state index is -1.09. The molecule has 4 N–H and O–H groups in total. The molecule has 2 fully saturated rings. The van der Waals surface area contributed by atoms with Crippen LogP contribution in [0.5, 0.6) is 0 Å². The molecular weight excluding hydrogens is 396 g/mol. The molecule has 0 radical (unpaired) electrons. The number of ether oxygens (including phenoxy) is 2. The van der Waals surface area contributed by atoms with Crippen LogP contribution < -0.4 is 10.2 Å². The zero-order valence-electron chi connectivity index (χ0n) is 17.6. The number of hydrogen-bond acceptors (Lipinski definition) is 8. The first kappa shape index (κ1) is 21.3. The lowest BCUT2D eigenvalue weighted by Gasteiger charge is -2.34. The molecule has 31 heavy (non-hydrogen) atoms. The van der Waals surface area contributed by atoms with Gasteiger partial charge in [0.25, 0.3) is 0 Å². The monoisotopic (exact) mass is 424 g/mol. The van der Waals surface area contributed by atoms with Gasteiger partial charge in [-0.2, -0.15) is 5.10 Å². The van der Waals surface area contributed by atoms with Gasteiger partial charge in [0, 0.05) is 37.4 Å². The van der Waals surface area contributed by atoms with Gasteiger partial charge in [0.05, 0.1) is 37.6 Å². The zero-order chi connectivity index (χ0) is 21.7. The van der Waals surface area contributed by atoms with E-state index >= 15 is 0 Å². The zero-order valence-corrected chi connectivity index (χ0v) is 17.6.